The summed E-state index contributed by atoms with van der Waals surface area (Å²) in [5.41, 5.74) is 0.931. The van der Waals surface area contributed by atoms with Gasteiger partial charge in [0.05, 0.1) is 19.1 Å². The van der Waals surface area contributed by atoms with E-state index in [1.807, 2.05) is 37.3 Å². The van der Waals surface area contributed by atoms with Crippen LogP contribution in [0.1, 0.15) is 12.5 Å². The fraction of sp³-hybridized carbons (Fsp3) is 0.353. The van der Waals surface area contributed by atoms with Crippen molar-refractivity contribution in [2.24, 2.45) is 0 Å². The number of likely N-dealkylation sites (N-methyl/N-ethyl adjacent to an activating group) is 1. The van der Waals surface area contributed by atoms with Gasteiger partial charge in [0.15, 0.2) is 17.6 Å². The smallest absolute Gasteiger partial charge is 0.317 e. The number of urea groups is 1. The maximum absolute atomic E-state index is 12.3. The molecule has 3 rings (SSSR count). The predicted octanol–water partition coefficient (Wildman–Crippen LogP) is 2.65. The quantitative estimate of drug-likeness (QED) is 0.921. The molecule has 0 fully saturated rings. The molecule has 0 unspecified atom stereocenters. The van der Waals surface area contributed by atoms with Crippen molar-refractivity contribution < 1.29 is 18.7 Å². The van der Waals surface area contributed by atoms with Crippen LogP contribution in [0.15, 0.2) is 47.3 Å². The number of ether oxygens (including phenoxy) is 2. The molecule has 0 radical (unpaired) electrons. The maximum atomic E-state index is 12.3. The fourth-order valence-electron chi connectivity index (χ4n) is 2.44. The van der Waals surface area contributed by atoms with E-state index in [9.17, 15) is 4.79 Å². The number of hydrogen-bond donors (Lipinski definition) is 1. The molecule has 0 saturated heterocycles. The van der Waals surface area contributed by atoms with Crippen molar-refractivity contribution in [2.75, 3.05) is 19.7 Å². The van der Waals surface area contributed by atoms with Crippen LogP contribution in [0.2, 0.25) is 0 Å². The zero-order valence-electron chi connectivity index (χ0n) is 13.0. The van der Waals surface area contributed by atoms with Gasteiger partial charge in [-0.25, -0.2) is 4.79 Å². The lowest BCUT2D eigenvalue weighted by Crippen LogP contribution is -2.47. The zero-order chi connectivity index (χ0) is 16.1. The molecule has 2 aromatic rings. The van der Waals surface area contributed by atoms with Gasteiger partial charge in [-0.3, -0.25) is 0 Å². The molecule has 0 saturated carbocycles. The lowest BCUT2D eigenvalue weighted by Gasteiger charge is -2.30. The summed E-state index contributed by atoms with van der Waals surface area (Å²) in [7, 11) is 0. The van der Waals surface area contributed by atoms with E-state index in [2.05, 4.69) is 5.32 Å². The number of rotatable bonds is 5. The number of carbonyl (C=O) groups excluding carboxylic acids is 1. The third-order valence-electron chi connectivity index (χ3n) is 3.68. The third-order valence-corrected chi connectivity index (χ3v) is 3.68. The van der Waals surface area contributed by atoms with Crippen LogP contribution in [0, 0.1) is 0 Å². The van der Waals surface area contributed by atoms with Crippen LogP contribution in [-0.4, -0.2) is 36.7 Å². The number of amides is 2. The van der Waals surface area contributed by atoms with Gasteiger partial charge < -0.3 is 24.1 Å². The summed E-state index contributed by atoms with van der Waals surface area (Å²) >= 11 is 0. The van der Waals surface area contributed by atoms with Gasteiger partial charge in [-0.05, 0) is 25.1 Å². The Morgan fingerprint density at radius 3 is 2.87 bits per heavy atom. The Morgan fingerprint density at radius 2 is 2.13 bits per heavy atom. The van der Waals surface area contributed by atoms with Gasteiger partial charge in [0.2, 0.25) is 0 Å². The summed E-state index contributed by atoms with van der Waals surface area (Å²) in [6.07, 6.45) is 3.03. The molecule has 2 heterocycles. The van der Waals surface area contributed by atoms with Crippen molar-refractivity contribution in [1.82, 2.24) is 10.2 Å². The van der Waals surface area contributed by atoms with Crippen LogP contribution in [-0.2, 0) is 6.54 Å². The second-order valence-electron chi connectivity index (χ2n) is 5.33. The summed E-state index contributed by atoms with van der Waals surface area (Å²) in [6, 6.07) is 9.25. The van der Waals surface area contributed by atoms with Crippen molar-refractivity contribution in [3.8, 4) is 11.5 Å². The summed E-state index contributed by atoms with van der Waals surface area (Å²) in [5, 5.41) is 2.88. The molecule has 122 valence electrons. The molecular weight excluding hydrogens is 296 g/mol. The average molecular weight is 316 g/mol. The molecule has 1 aliphatic heterocycles. The normalized spacial score (nSPS) is 16.0. The van der Waals surface area contributed by atoms with Crippen LogP contribution in [0.3, 0.4) is 0 Å². The molecule has 0 spiro atoms. The van der Waals surface area contributed by atoms with Crippen LogP contribution >= 0.6 is 0 Å². The van der Waals surface area contributed by atoms with E-state index >= 15 is 0 Å². The van der Waals surface area contributed by atoms with Gasteiger partial charge in [-0.15, -0.1) is 0 Å². The highest BCUT2D eigenvalue weighted by Gasteiger charge is 2.24. The molecule has 1 aromatic heterocycles. The number of nitrogens with zero attached hydrogens (tertiary/aromatic N) is 1. The predicted molar refractivity (Wildman–Crippen MR) is 84.5 cm³/mol. The van der Waals surface area contributed by atoms with Gasteiger partial charge in [-0.2, -0.15) is 0 Å². The van der Waals surface area contributed by atoms with Crippen LogP contribution in [0.5, 0.6) is 11.5 Å². The Hall–Kier alpha value is -2.63. The summed E-state index contributed by atoms with van der Waals surface area (Å²) in [5.74, 6) is 1.47. The van der Waals surface area contributed by atoms with E-state index in [0.717, 1.165) is 17.1 Å². The van der Waals surface area contributed by atoms with E-state index in [4.69, 9.17) is 13.9 Å². The highest BCUT2D eigenvalue weighted by molar-refractivity contribution is 5.74. The number of fused-ring (bicyclic) bond motifs is 1. The second kappa shape index (κ2) is 7.09. The Balaban J connectivity index is 1.54. The van der Waals surface area contributed by atoms with Crippen LogP contribution in [0.4, 0.5) is 4.79 Å². The minimum Gasteiger partial charge on any atom is -0.486 e. The van der Waals surface area contributed by atoms with E-state index < -0.39 is 0 Å². The molecule has 1 N–H and O–H groups in total. The van der Waals surface area contributed by atoms with Gasteiger partial charge in [0.1, 0.15) is 6.61 Å². The number of nitrogens with one attached hydrogen (secondary N) is 1. The minimum atomic E-state index is -0.176. The molecular formula is C17H20N2O4. The summed E-state index contributed by atoms with van der Waals surface area (Å²) in [6.45, 7) is 3.88. The fourth-order valence-corrected chi connectivity index (χ4v) is 2.44. The first-order valence-corrected chi connectivity index (χ1v) is 7.68. The minimum absolute atomic E-state index is 0.129. The molecule has 23 heavy (non-hydrogen) atoms. The lowest BCUT2D eigenvalue weighted by atomic mass is 10.2. The van der Waals surface area contributed by atoms with E-state index in [1.165, 1.54) is 0 Å². The third kappa shape index (κ3) is 3.77. The molecule has 0 aliphatic carbocycles. The largest absolute Gasteiger partial charge is 0.486 e. The molecule has 2 amide bonds. The van der Waals surface area contributed by atoms with Crippen molar-refractivity contribution in [2.45, 2.75) is 19.6 Å². The zero-order valence-corrected chi connectivity index (χ0v) is 13.0. The Labute approximate surface area is 135 Å². The summed E-state index contributed by atoms with van der Waals surface area (Å²) < 4.78 is 16.6. The van der Waals surface area contributed by atoms with E-state index in [0.29, 0.717) is 26.2 Å². The SMILES string of the molecule is CCN(C[C@H]1COc2ccccc2O1)C(=O)NCc1ccoc1. The first-order valence-electron chi connectivity index (χ1n) is 7.68. The molecule has 0 bridgehead atoms. The number of benzene rings is 1. The van der Waals surface area contributed by atoms with Gasteiger partial charge in [-0.1, -0.05) is 12.1 Å². The second-order valence-corrected chi connectivity index (χ2v) is 5.33. The monoisotopic (exact) mass is 316 g/mol. The number of furan rings is 1. The topological polar surface area (TPSA) is 63.9 Å². The molecule has 1 aliphatic rings. The molecule has 6 heteroatoms. The van der Waals surface area contributed by atoms with Crippen molar-refractivity contribution in [3.05, 3.63) is 48.4 Å². The number of carbonyl (C=O) groups is 1. The molecule has 1 aromatic carbocycles. The first kappa shape index (κ1) is 15.3. The highest BCUT2D eigenvalue weighted by Crippen LogP contribution is 2.30. The van der Waals surface area contributed by atoms with E-state index in [1.54, 1.807) is 17.4 Å². The van der Waals surface area contributed by atoms with Crippen LogP contribution < -0.4 is 14.8 Å². The van der Waals surface area contributed by atoms with Crippen molar-refractivity contribution in [3.63, 3.8) is 0 Å². The lowest BCUT2D eigenvalue weighted by molar-refractivity contribution is 0.0675. The molecule has 6 nitrogen and oxygen atoms in total. The highest BCUT2D eigenvalue weighted by atomic mass is 16.6. The Morgan fingerprint density at radius 1 is 1.30 bits per heavy atom. The van der Waals surface area contributed by atoms with E-state index in [-0.39, 0.29) is 12.1 Å². The van der Waals surface area contributed by atoms with Crippen molar-refractivity contribution >= 4 is 6.03 Å². The van der Waals surface area contributed by atoms with Crippen molar-refractivity contribution in [1.29, 1.82) is 0 Å². The maximum Gasteiger partial charge on any atom is 0.317 e. The van der Waals surface area contributed by atoms with Gasteiger partial charge >= 0.3 is 6.03 Å². The van der Waals surface area contributed by atoms with Gasteiger partial charge in [0, 0.05) is 18.7 Å². The number of hydrogen-bond acceptors (Lipinski definition) is 4. The molecule has 1 atom stereocenters. The Bertz CT molecular complexity index is 642. The first-order chi connectivity index (χ1) is 11.3. The van der Waals surface area contributed by atoms with Crippen LogP contribution in [0.25, 0.3) is 0 Å². The van der Waals surface area contributed by atoms with Gasteiger partial charge in [0.25, 0.3) is 0 Å². The average Bonchev–Trinajstić information content (AvgIpc) is 3.11. The standard InChI is InChI=1S/C17H20N2O4/c1-2-19(17(20)18-9-13-7-8-21-11-13)10-14-12-22-15-5-3-4-6-16(15)23-14/h3-8,11,14H,2,9-10,12H2,1H3,(H,18,20)/t14-/m0/s1. The Kier molecular flexibility index (Phi) is 4.71. The number of para-hydroxylation sites is 2. The summed E-state index contributed by atoms with van der Waals surface area (Å²) in [4.78, 5) is 14.0.